The summed E-state index contributed by atoms with van der Waals surface area (Å²) in [4.78, 5) is 20.0. The van der Waals surface area contributed by atoms with Crippen molar-refractivity contribution >= 4 is 23.1 Å². The Kier molecular flexibility index (Phi) is 7.42. The van der Waals surface area contributed by atoms with Crippen LogP contribution in [0.15, 0.2) is 97.2 Å². The van der Waals surface area contributed by atoms with Gasteiger partial charge in [-0.1, -0.05) is 72.3 Å². The molecule has 0 aromatic heterocycles. The maximum Gasteiger partial charge on any atom is 0.255 e. The van der Waals surface area contributed by atoms with E-state index in [0.717, 1.165) is 25.4 Å². The van der Waals surface area contributed by atoms with Crippen molar-refractivity contribution in [2.24, 2.45) is 0 Å². The van der Waals surface area contributed by atoms with E-state index >= 15 is 0 Å². The second-order valence-electron chi connectivity index (χ2n) is 10.3. The number of amides is 1. The highest BCUT2D eigenvalue weighted by molar-refractivity contribution is 6.33. The number of methoxy groups -OCH3 is 1. The second kappa shape index (κ2) is 11.3. The standard InChI is InChI=1S/C32H33ClN4O2/c1-39-26-11-7-10-24(20-26)31-29(37-21-25(14-15-30(37)34-31)23-8-3-2-4-9-23)22-35-16-18-36(19-17-35)32(38)27-12-5-6-13-28(27)33/h2-15,20-21,29-31,34H,16-19,22H2,1H3. The highest BCUT2D eigenvalue weighted by Crippen LogP contribution is 2.36. The number of fused-ring (bicyclic) bond motifs is 1. The summed E-state index contributed by atoms with van der Waals surface area (Å²) in [5.74, 6) is 0.870. The van der Waals surface area contributed by atoms with Crippen LogP contribution in [0, 0.1) is 0 Å². The maximum absolute atomic E-state index is 13.1. The lowest BCUT2D eigenvalue weighted by Crippen LogP contribution is -2.52. The monoisotopic (exact) mass is 540 g/mol. The molecule has 1 amide bonds. The molecule has 0 aliphatic carbocycles. The van der Waals surface area contributed by atoms with Gasteiger partial charge in [0.2, 0.25) is 0 Å². The molecule has 6 nitrogen and oxygen atoms in total. The fourth-order valence-corrected chi connectivity index (χ4v) is 6.06. The first-order valence-electron chi connectivity index (χ1n) is 13.5. The molecule has 3 unspecified atom stereocenters. The first-order valence-corrected chi connectivity index (χ1v) is 13.9. The SMILES string of the molecule is COc1cccc(C2NC3C=CC(c4ccccc4)=CN3C2CN2CCN(C(=O)c3ccccc3Cl)CC2)c1. The Labute approximate surface area is 235 Å². The van der Waals surface area contributed by atoms with Crippen LogP contribution in [0.4, 0.5) is 0 Å². The molecule has 39 heavy (non-hydrogen) atoms. The number of allylic oxidation sites excluding steroid dienone is 2. The first-order chi connectivity index (χ1) is 19.1. The summed E-state index contributed by atoms with van der Waals surface area (Å²) < 4.78 is 5.55. The summed E-state index contributed by atoms with van der Waals surface area (Å²) in [6.45, 7) is 3.89. The lowest BCUT2D eigenvalue weighted by atomic mass is 9.98. The molecule has 3 heterocycles. The van der Waals surface area contributed by atoms with E-state index in [-0.39, 0.29) is 24.2 Å². The average Bonchev–Trinajstić information content (AvgIpc) is 3.35. The molecule has 0 radical (unpaired) electrons. The molecule has 6 rings (SSSR count). The molecule has 3 aliphatic rings. The minimum absolute atomic E-state index is 0.00806. The molecule has 0 bridgehead atoms. The summed E-state index contributed by atoms with van der Waals surface area (Å²) in [5, 5.41) is 4.37. The van der Waals surface area contributed by atoms with Gasteiger partial charge in [0.25, 0.3) is 5.91 Å². The molecule has 1 N–H and O–H groups in total. The first kappa shape index (κ1) is 25.7. The Hall–Kier alpha value is -3.58. The molecule has 3 aromatic carbocycles. The van der Waals surface area contributed by atoms with Gasteiger partial charge in [0.05, 0.1) is 35.9 Å². The van der Waals surface area contributed by atoms with Gasteiger partial charge in [0, 0.05) is 38.9 Å². The lowest BCUT2D eigenvalue weighted by molar-refractivity contribution is 0.0605. The molecule has 3 aromatic rings. The van der Waals surface area contributed by atoms with Crippen molar-refractivity contribution in [3.63, 3.8) is 0 Å². The Bertz CT molecular complexity index is 1380. The Balaban J connectivity index is 1.22. The maximum atomic E-state index is 13.1. The number of benzene rings is 3. The molecule has 3 aliphatic heterocycles. The minimum atomic E-state index is 0.00806. The van der Waals surface area contributed by atoms with Gasteiger partial charge in [0.15, 0.2) is 0 Å². The molecule has 200 valence electrons. The third-order valence-electron chi connectivity index (χ3n) is 7.95. The van der Waals surface area contributed by atoms with Crippen molar-refractivity contribution < 1.29 is 9.53 Å². The van der Waals surface area contributed by atoms with Crippen molar-refractivity contribution in [2.45, 2.75) is 18.2 Å². The van der Waals surface area contributed by atoms with Gasteiger partial charge in [0.1, 0.15) is 5.75 Å². The van der Waals surface area contributed by atoms with E-state index in [1.165, 1.54) is 16.7 Å². The summed E-state index contributed by atoms with van der Waals surface area (Å²) in [5.41, 5.74) is 4.21. The van der Waals surface area contributed by atoms with Gasteiger partial charge in [-0.15, -0.1) is 0 Å². The van der Waals surface area contributed by atoms with E-state index < -0.39 is 0 Å². The van der Waals surface area contributed by atoms with Crippen LogP contribution in [0.5, 0.6) is 5.75 Å². The highest BCUT2D eigenvalue weighted by Gasteiger charge is 2.41. The van der Waals surface area contributed by atoms with Gasteiger partial charge in [-0.3, -0.25) is 15.0 Å². The quantitative estimate of drug-likeness (QED) is 0.474. The number of carbonyl (C=O) groups is 1. The number of hydrogen-bond acceptors (Lipinski definition) is 5. The molecular formula is C32H33ClN4O2. The zero-order chi connectivity index (χ0) is 26.8. The lowest BCUT2D eigenvalue weighted by Gasteiger charge is -2.39. The Morgan fingerprint density at radius 1 is 0.974 bits per heavy atom. The average molecular weight is 541 g/mol. The smallest absolute Gasteiger partial charge is 0.255 e. The van der Waals surface area contributed by atoms with E-state index in [2.05, 4.69) is 82.0 Å². The van der Waals surface area contributed by atoms with Crippen molar-refractivity contribution in [3.8, 4) is 5.75 Å². The molecule has 0 saturated carbocycles. The number of rotatable bonds is 6. The molecule has 3 atom stereocenters. The summed E-state index contributed by atoms with van der Waals surface area (Å²) in [6, 6.07) is 26.5. The van der Waals surface area contributed by atoms with Crippen LogP contribution < -0.4 is 10.1 Å². The van der Waals surface area contributed by atoms with Crippen molar-refractivity contribution in [3.05, 3.63) is 119 Å². The zero-order valence-electron chi connectivity index (χ0n) is 22.0. The normalized spacial score (nSPS) is 22.9. The second-order valence-corrected chi connectivity index (χ2v) is 10.7. The molecular weight excluding hydrogens is 508 g/mol. The summed E-state index contributed by atoms with van der Waals surface area (Å²) in [7, 11) is 1.71. The third-order valence-corrected chi connectivity index (χ3v) is 8.28. The van der Waals surface area contributed by atoms with Crippen LogP contribution in [0.2, 0.25) is 5.02 Å². The zero-order valence-corrected chi connectivity index (χ0v) is 22.8. The minimum Gasteiger partial charge on any atom is -0.497 e. The number of carbonyl (C=O) groups excluding carboxylic acids is 1. The van der Waals surface area contributed by atoms with Gasteiger partial charge < -0.3 is 14.5 Å². The van der Waals surface area contributed by atoms with Crippen molar-refractivity contribution in [1.82, 2.24) is 20.0 Å². The van der Waals surface area contributed by atoms with E-state index in [0.29, 0.717) is 23.7 Å². The fourth-order valence-electron chi connectivity index (χ4n) is 5.85. The number of ether oxygens (including phenoxy) is 1. The largest absolute Gasteiger partial charge is 0.497 e. The molecule has 2 fully saturated rings. The summed E-state index contributed by atoms with van der Waals surface area (Å²) in [6.07, 6.45) is 6.89. The van der Waals surface area contributed by atoms with Crippen LogP contribution in [-0.2, 0) is 0 Å². The predicted molar refractivity (Wildman–Crippen MR) is 156 cm³/mol. The van der Waals surface area contributed by atoms with Crippen molar-refractivity contribution in [1.29, 1.82) is 0 Å². The summed E-state index contributed by atoms with van der Waals surface area (Å²) >= 11 is 6.31. The van der Waals surface area contributed by atoms with Crippen LogP contribution >= 0.6 is 11.6 Å². The number of nitrogens with one attached hydrogen (secondary N) is 1. The number of hydrogen-bond donors (Lipinski definition) is 1. The van der Waals surface area contributed by atoms with E-state index in [1.54, 1.807) is 19.2 Å². The molecule has 7 heteroatoms. The number of nitrogens with zero attached hydrogens (tertiary/aromatic N) is 3. The Morgan fingerprint density at radius 2 is 1.74 bits per heavy atom. The Morgan fingerprint density at radius 3 is 2.51 bits per heavy atom. The van der Waals surface area contributed by atoms with Gasteiger partial charge in [-0.05, 0) is 47.0 Å². The van der Waals surface area contributed by atoms with Gasteiger partial charge in [-0.2, -0.15) is 0 Å². The predicted octanol–water partition coefficient (Wildman–Crippen LogP) is 5.06. The van der Waals surface area contributed by atoms with E-state index in [4.69, 9.17) is 16.3 Å². The van der Waals surface area contributed by atoms with Crippen LogP contribution in [-0.4, -0.2) is 72.6 Å². The molecule has 2 saturated heterocycles. The highest BCUT2D eigenvalue weighted by atomic mass is 35.5. The van der Waals surface area contributed by atoms with Crippen LogP contribution in [0.25, 0.3) is 5.57 Å². The van der Waals surface area contributed by atoms with Gasteiger partial charge in [-0.25, -0.2) is 0 Å². The van der Waals surface area contributed by atoms with Gasteiger partial charge >= 0.3 is 0 Å². The molecule has 0 spiro atoms. The number of halogens is 1. The van der Waals surface area contributed by atoms with E-state index in [9.17, 15) is 4.79 Å². The van der Waals surface area contributed by atoms with Crippen LogP contribution in [0.1, 0.15) is 27.5 Å². The van der Waals surface area contributed by atoms with Crippen molar-refractivity contribution in [2.75, 3.05) is 39.8 Å². The van der Waals surface area contributed by atoms with E-state index in [1.807, 2.05) is 23.1 Å². The topological polar surface area (TPSA) is 48.1 Å². The third kappa shape index (κ3) is 5.33. The fraction of sp³-hybridized carbons (Fsp3) is 0.281. The van der Waals surface area contributed by atoms with Crippen LogP contribution in [0.3, 0.4) is 0 Å². The number of piperazine rings is 1.